The number of thiocarbonyl (C=S) groups is 1. The average molecular weight is 582 g/mol. The molecule has 12 heteroatoms. The number of alkyl halides is 3. The maximum atomic E-state index is 13.1. The number of hydrogen-bond acceptors (Lipinski definition) is 6. The van der Waals surface area contributed by atoms with E-state index in [9.17, 15) is 23.1 Å². The van der Waals surface area contributed by atoms with Gasteiger partial charge in [0, 0.05) is 16.9 Å². The molecule has 4 rings (SSSR count). The molecule has 0 bridgehead atoms. The fraction of sp³-hybridized carbons (Fsp3) is 0.172. The molecular weight excluding hydrogens is 555 g/mol. The van der Waals surface area contributed by atoms with Crippen LogP contribution in [0.15, 0.2) is 90.5 Å². The topological polar surface area (TPSA) is 101 Å². The number of aliphatic hydroxyl groups excluding tert-OH is 1. The molecule has 41 heavy (non-hydrogen) atoms. The van der Waals surface area contributed by atoms with Gasteiger partial charge in [0.05, 0.1) is 5.69 Å². The summed E-state index contributed by atoms with van der Waals surface area (Å²) in [7, 11) is 0. The van der Waals surface area contributed by atoms with Gasteiger partial charge in [-0.2, -0.15) is 0 Å². The Morgan fingerprint density at radius 1 is 1.00 bits per heavy atom. The molecule has 0 aliphatic rings. The highest BCUT2D eigenvalue weighted by molar-refractivity contribution is 7.81. The van der Waals surface area contributed by atoms with Crippen LogP contribution in [-0.4, -0.2) is 37.1 Å². The van der Waals surface area contributed by atoms with Crippen LogP contribution >= 0.6 is 12.2 Å². The van der Waals surface area contributed by atoms with E-state index in [2.05, 4.69) is 25.5 Å². The molecule has 3 aromatic carbocycles. The highest BCUT2D eigenvalue weighted by atomic mass is 32.1. The van der Waals surface area contributed by atoms with Crippen LogP contribution in [0.1, 0.15) is 32.3 Å². The number of nitrogens with zero attached hydrogens (tertiary/aromatic N) is 3. The monoisotopic (exact) mass is 581 g/mol. The van der Waals surface area contributed by atoms with Crippen molar-refractivity contribution in [3.63, 3.8) is 0 Å². The molecular formula is C29H26F3N5O3S. The predicted octanol–water partition coefficient (Wildman–Crippen LogP) is 7.17. The molecule has 1 aromatic heterocycles. The van der Waals surface area contributed by atoms with E-state index >= 15 is 0 Å². The van der Waals surface area contributed by atoms with Gasteiger partial charge in [0.1, 0.15) is 28.4 Å². The Labute approximate surface area is 239 Å². The zero-order valence-electron chi connectivity index (χ0n) is 22.2. The number of nitrogens with one attached hydrogen (secondary N) is 2. The molecule has 0 radical (unpaired) electrons. The van der Waals surface area contributed by atoms with E-state index in [1.165, 1.54) is 42.2 Å². The number of aromatic nitrogens is 3. The Morgan fingerprint density at radius 3 is 2.27 bits per heavy atom. The Bertz CT molecular complexity index is 1580. The van der Waals surface area contributed by atoms with Crippen molar-refractivity contribution in [3.05, 3.63) is 96.0 Å². The van der Waals surface area contributed by atoms with E-state index in [-0.39, 0.29) is 28.0 Å². The number of aliphatic hydroxyl groups is 1. The van der Waals surface area contributed by atoms with Crippen molar-refractivity contribution >= 4 is 34.5 Å². The van der Waals surface area contributed by atoms with E-state index in [0.29, 0.717) is 22.8 Å². The van der Waals surface area contributed by atoms with Gasteiger partial charge in [0.2, 0.25) is 0 Å². The van der Waals surface area contributed by atoms with Crippen LogP contribution in [0.25, 0.3) is 17.1 Å². The summed E-state index contributed by atoms with van der Waals surface area (Å²) in [5.41, 5.74) is 3.28. The molecule has 0 saturated heterocycles. The van der Waals surface area contributed by atoms with E-state index in [1.807, 2.05) is 38.1 Å². The molecule has 8 nitrogen and oxygen atoms in total. The second-order valence-corrected chi connectivity index (χ2v) is 9.65. The lowest BCUT2D eigenvalue weighted by Crippen LogP contribution is -2.26. The summed E-state index contributed by atoms with van der Waals surface area (Å²) in [6.07, 6.45) is -3.35. The molecule has 1 heterocycles. The quantitative estimate of drug-likeness (QED) is 0.115. The lowest BCUT2D eigenvalue weighted by Gasteiger charge is -2.17. The van der Waals surface area contributed by atoms with E-state index in [0.717, 1.165) is 11.3 Å². The van der Waals surface area contributed by atoms with Crippen molar-refractivity contribution in [3.8, 4) is 22.8 Å². The third-order valence-electron chi connectivity index (χ3n) is 5.87. The average Bonchev–Trinajstić information content (AvgIpc) is 3.39. The normalized spacial score (nSPS) is 12.1. The number of benzene rings is 3. The summed E-state index contributed by atoms with van der Waals surface area (Å²) in [6.45, 7) is 5.48. The first-order valence-electron chi connectivity index (χ1n) is 12.4. The maximum Gasteiger partial charge on any atom is 0.573 e. The zero-order valence-corrected chi connectivity index (χ0v) is 23.0. The number of rotatable bonds is 8. The van der Waals surface area contributed by atoms with Crippen LogP contribution in [0.5, 0.6) is 5.75 Å². The minimum Gasteiger partial charge on any atom is -0.512 e. The lowest BCUT2D eigenvalue weighted by atomic mass is 10.0. The maximum absolute atomic E-state index is 13.1. The number of para-hydroxylation sites is 1. The highest BCUT2D eigenvalue weighted by Gasteiger charge is 2.31. The van der Waals surface area contributed by atoms with Crippen LogP contribution in [0.3, 0.4) is 0 Å². The summed E-state index contributed by atoms with van der Waals surface area (Å²) in [6, 6.07) is 19.5. The molecule has 0 spiro atoms. The first kappa shape index (κ1) is 29.3. The summed E-state index contributed by atoms with van der Waals surface area (Å²) in [5, 5.41) is 20.4. The first-order chi connectivity index (χ1) is 19.4. The van der Waals surface area contributed by atoms with Crippen molar-refractivity contribution in [1.82, 2.24) is 14.8 Å². The van der Waals surface area contributed by atoms with Gasteiger partial charge in [-0.1, -0.05) is 44.3 Å². The number of anilines is 2. The molecule has 0 aliphatic heterocycles. The molecule has 0 aliphatic carbocycles. The second kappa shape index (κ2) is 12.2. The molecule has 212 valence electrons. The fourth-order valence-corrected chi connectivity index (χ4v) is 4.30. The number of ether oxygens (including phenoxy) is 1. The van der Waals surface area contributed by atoms with Crippen LogP contribution in [-0.2, 0) is 4.79 Å². The van der Waals surface area contributed by atoms with Crippen LogP contribution in [0.4, 0.5) is 24.5 Å². The van der Waals surface area contributed by atoms with E-state index in [1.54, 1.807) is 24.3 Å². The van der Waals surface area contributed by atoms with Crippen LogP contribution in [0.2, 0.25) is 0 Å². The van der Waals surface area contributed by atoms with Gasteiger partial charge in [0.25, 0.3) is 5.91 Å². The summed E-state index contributed by atoms with van der Waals surface area (Å²) < 4.78 is 42.5. The molecule has 0 saturated carbocycles. The number of carbonyl (C=O) groups is 1. The van der Waals surface area contributed by atoms with E-state index < -0.39 is 12.3 Å². The minimum absolute atomic E-state index is 0.0605. The Hall–Kier alpha value is -4.71. The fourth-order valence-electron chi connectivity index (χ4n) is 3.95. The number of amides is 1. The van der Waals surface area contributed by atoms with Gasteiger partial charge in [-0.15, -0.1) is 18.3 Å². The van der Waals surface area contributed by atoms with Crippen LogP contribution in [0, 0.1) is 0 Å². The molecule has 1 amide bonds. The molecule has 0 unspecified atom stereocenters. The van der Waals surface area contributed by atoms with Gasteiger partial charge in [-0.3, -0.25) is 4.79 Å². The molecule has 3 N–H and O–H groups in total. The minimum atomic E-state index is -4.77. The largest absolute Gasteiger partial charge is 0.573 e. The van der Waals surface area contributed by atoms with Crippen molar-refractivity contribution in [2.24, 2.45) is 0 Å². The molecule has 0 fully saturated rings. The van der Waals surface area contributed by atoms with Crippen LogP contribution < -0.4 is 15.4 Å². The summed E-state index contributed by atoms with van der Waals surface area (Å²) in [4.78, 5) is 17.4. The zero-order chi connectivity index (χ0) is 29.7. The number of hydrogen-bond donors (Lipinski definition) is 3. The van der Waals surface area contributed by atoms with Crippen molar-refractivity contribution in [2.45, 2.75) is 33.1 Å². The first-order valence-corrected chi connectivity index (χ1v) is 12.8. The molecule has 4 aromatic rings. The number of allylic oxidation sites excluding steroid dienone is 1. The SMILES string of the molecule is CC(O)=C(C(=O)Nc1ccc(-c2ncn(-c3ccc(OC(F)(F)F)cc3)n2)cc1)C(=S)Nc1ccccc1C(C)C. The van der Waals surface area contributed by atoms with E-state index in [4.69, 9.17) is 12.2 Å². The predicted molar refractivity (Wildman–Crippen MR) is 154 cm³/mol. The molecule has 0 atom stereocenters. The Kier molecular flexibility index (Phi) is 8.72. The third-order valence-corrected chi connectivity index (χ3v) is 6.18. The second-order valence-electron chi connectivity index (χ2n) is 9.24. The van der Waals surface area contributed by atoms with Gasteiger partial charge < -0.3 is 20.5 Å². The summed E-state index contributed by atoms with van der Waals surface area (Å²) in [5.74, 6) is -0.579. The highest BCUT2D eigenvalue weighted by Crippen LogP contribution is 2.26. The van der Waals surface area contributed by atoms with Gasteiger partial charge in [0.15, 0.2) is 5.82 Å². The van der Waals surface area contributed by atoms with Gasteiger partial charge in [-0.25, -0.2) is 9.67 Å². The third kappa shape index (κ3) is 7.48. The standard InChI is InChI=1S/C29H26F3N5O3S/c1-17(2)23-6-4-5-7-24(23)35-28(41)25(18(3)38)27(39)34-20-10-8-19(9-11-20)26-33-16-37(36-26)21-12-14-22(15-13-21)40-29(30,31)32/h4-17,38H,1-3H3,(H,34,39)(H,35,41). The number of halogens is 3. The Morgan fingerprint density at radius 2 is 1.66 bits per heavy atom. The van der Waals surface area contributed by atoms with Crippen molar-refractivity contribution < 1.29 is 27.8 Å². The lowest BCUT2D eigenvalue weighted by molar-refractivity contribution is -0.274. The smallest absolute Gasteiger partial charge is 0.512 e. The summed E-state index contributed by atoms with van der Waals surface area (Å²) >= 11 is 5.46. The Balaban J connectivity index is 1.44. The van der Waals surface area contributed by atoms with Gasteiger partial charge >= 0.3 is 6.36 Å². The van der Waals surface area contributed by atoms with Gasteiger partial charge in [-0.05, 0) is 73.0 Å². The van der Waals surface area contributed by atoms with Crippen molar-refractivity contribution in [1.29, 1.82) is 0 Å². The number of carbonyl (C=O) groups excluding carboxylic acids is 1. The van der Waals surface area contributed by atoms with Crippen molar-refractivity contribution in [2.75, 3.05) is 10.6 Å².